The third kappa shape index (κ3) is 7.71. The molecule has 2 aromatic carbocycles. The fraction of sp³-hybridized carbons (Fsp3) is 0.448. The number of para-hydroxylation sites is 1. The lowest BCUT2D eigenvalue weighted by Crippen LogP contribution is -2.51. The fourth-order valence-corrected chi connectivity index (χ4v) is 5.66. The second-order valence-corrected chi connectivity index (χ2v) is 11.7. The molecule has 2 aromatic rings. The van der Waals surface area contributed by atoms with E-state index < -0.39 is 23.4 Å². The first-order valence-corrected chi connectivity index (χ1v) is 13.9. The van der Waals surface area contributed by atoms with Crippen LogP contribution in [0.5, 0.6) is 0 Å². The number of anilines is 1. The van der Waals surface area contributed by atoms with Crippen LogP contribution in [0.4, 0.5) is 23.7 Å². The Labute approximate surface area is 231 Å². The van der Waals surface area contributed by atoms with Crippen molar-refractivity contribution in [1.29, 1.82) is 0 Å². The highest BCUT2D eigenvalue weighted by molar-refractivity contribution is 7.99. The number of amides is 2. The number of halogens is 3. The van der Waals surface area contributed by atoms with Gasteiger partial charge in [-0.1, -0.05) is 30.0 Å². The summed E-state index contributed by atoms with van der Waals surface area (Å²) >= 11 is 1.11. The number of nitrogens with zero attached hydrogens (tertiary/aromatic N) is 3. The van der Waals surface area contributed by atoms with Crippen molar-refractivity contribution in [3.05, 3.63) is 59.7 Å². The van der Waals surface area contributed by atoms with E-state index in [0.717, 1.165) is 54.3 Å². The van der Waals surface area contributed by atoms with Gasteiger partial charge in [-0.3, -0.25) is 4.79 Å². The van der Waals surface area contributed by atoms with Crippen LogP contribution in [0.1, 0.15) is 44.7 Å². The van der Waals surface area contributed by atoms with Crippen molar-refractivity contribution in [3.8, 4) is 0 Å². The molecular weight excluding hydrogens is 527 g/mol. The number of hydrogen-bond acceptors (Lipinski definition) is 5. The summed E-state index contributed by atoms with van der Waals surface area (Å²) in [4.78, 5) is 31.2. The van der Waals surface area contributed by atoms with Gasteiger partial charge in [-0.2, -0.15) is 13.2 Å². The zero-order valence-corrected chi connectivity index (χ0v) is 23.3. The molecule has 10 heteroatoms. The van der Waals surface area contributed by atoms with E-state index in [1.54, 1.807) is 36.6 Å². The first kappa shape index (κ1) is 28.9. The van der Waals surface area contributed by atoms with Crippen LogP contribution in [0.2, 0.25) is 0 Å². The standard InChI is InChI=1S/C29H34F3N3O3S/c1-28(2,3)38-27(37)35-18-16-34(17-19-35)26(36)13-11-21-10-12-24(22(20-21)29(30,31)32)39-25-9-5-4-8-23(25)33-14-6-7-15-33/h4-5,8-13,20H,6-7,14-19H2,1-3H3/b13-11+. The summed E-state index contributed by atoms with van der Waals surface area (Å²) in [6.07, 6.45) is -0.126. The van der Waals surface area contributed by atoms with Gasteiger partial charge in [-0.25, -0.2) is 4.79 Å². The predicted octanol–water partition coefficient (Wildman–Crippen LogP) is 6.55. The summed E-state index contributed by atoms with van der Waals surface area (Å²) in [6.45, 7) is 8.48. The molecule has 4 rings (SSSR count). The molecule has 2 fully saturated rings. The normalized spacial score (nSPS) is 16.7. The van der Waals surface area contributed by atoms with E-state index >= 15 is 0 Å². The van der Waals surface area contributed by atoms with Gasteiger partial charge in [0.15, 0.2) is 0 Å². The highest BCUT2D eigenvalue weighted by atomic mass is 32.2. The van der Waals surface area contributed by atoms with Crippen molar-refractivity contribution in [2.75, 3.05) is 44.2 Å². The van der Waals surface area contributed by atoms with E-state index in [2.05, 4.69) is 4.90 Å². The maximum Gasteiger partial charge on any atom is 0.417 e. The monoisotopic (exact) mass is 561 g/mol. The van der Waals surface area contributed by atoms with Crippen LogP contribution in [0.3, 0.4) is 0 Å². The number of hydrogen-bond donors (Lipinski definition) is 0. The molecule has 2 amide bonds. The summed E-state index contributed by atoms with van der Waals surface area (Å²) in [6, 6.07) is 11.7. The number of ether oxygens (including phenoxy) is 1. The van der Waals surface area contributed by atoms with Crippen molar-refractivity contribution in [2.24, 2.45) is 0 Å². The molecule has 0 saturated carbocycles. The van der Waals surface area contributed by atoms with Crippen LogP contribution in [-0.4, -0.2) is 66.7 Å². The molecule has 0 N–H and O–H groups in total. The molecule has 0 aromatic heterocycles. The van der Waals surface area contributed by atoms with Gasteiger partial charge in [-0.15, -0.1) is 0 Å². The van der Waals surface area contributed by atoms with Crippen LogP contribution in [-0.2, 0) is 15.7 Å². The van der Waals surface area contributed by atoms with Crippen LogP contribution in [0, 0.1) is 0 Å². The first-order valence-electron chi connectivity index (χ1n) is 13.1. The Kier molecular flexibility index (Phi) is 8.83. The predicted molar refractivity (Wildman–Crippen MR) is 147 cm³/mol. The van der Waals surface area contributed by atoms with E-state index in [9.17, 15) is 22.8 Å². The van der Waals surface area contributed by atoms with Gasteiger partial charge >= 0.3 is 12.3 Å². The summed E-state index contributed by atoms with van der Waals surface area (Å²) in [5.41, 5.74) is -0.0908. The van der Waals surface area contributed by atoms with Gasteiger partial charge in [0.25, 0.3) is 0 Å². The molecule has 0 aliphatic carbocycles. The van der Waals surface area contributed by atoms with Gasteiger partial charge in [0.05, 0.1) is 11.3 Å². The van der Waals surface area contributed by atoms with Crippen molar-refractivity contribution in [2.45, 2.75) is 55.2 Å². The van der Waals surface area contributed by atoms with E-state index in [1.165, 1.54) is 18.2 Å². The number of piperazine rings is 1. The average Bonchev–Trinajstić information content (AvgIpc) is 3.41. The topological polar surface area (TPSA) is 53.1 Å². The smallest absolute Gasteiger partial charge is 0.417 e. The summed E-state index contributed by atoms with van der Waals surface area (Å²) in [7, 11) is 0. The third-order valence-electron chi connectivity index (χ3n) is 6.50. The molecule has 0 spiro atoms. The lowest BCUT2D eigenvalue weighted by atomic mass is 10.1. The van der Waals surface area contributed by atoms with E-state index in [1.807, 2.05) is 24.3 Å². The minimum Gasteiger partial charge on any atom is -0.444 e. The Hall–Kier alpha value is -3.14. The third-order valence-corrected chi connectivity index (χ3v) is 7.64. The Morgan fingerprint density at radius 2 is 1.51 bits per heavy atom. The van der Waals surface area contributed by atoms with E-state index in [0.29, 0.717) is 31.7 Å². The van der Waals surface area contributed by atoms with Gasteiger partial charge in [0.1, 0.15) is 5.60 Å². The Balaban J connectivity index is 1.44. The Morgan fingerprint density at radius 3 is 2.15 bits per heavy atom. The Bertz CT molecular complexity index is 1210. The van der Waals surface area contributed by atoms with Gasteiger partial charge in [-0.05, 0) is 69.5 Å². The summed E-state index contributed by atoms with van der Waals surface area (Å²) < 4.78 is 47.6. The van der Waals surface area contributed by atoms with Crippen LogP contribution in [0.25, 0.3) is 6.08 Å². The molecule has 0 unspecified atom stereocenters. The zero-order chi connectivity index (χ0) is 28.2. The summed E-state index contributed by atoms with van der Waals surface area (Å²) in [5, 5.41) is 0. The largest absolute Gasteiger partial charge is 0.444 e. The second-order valence-electron chi connectivity index (χ2n) is 10.6. The number of rotatable bonds is 5. The number of carbonyl (C=O) groups excluding carboxylic acids is 2. The minimum absolute atomic E-state index is 0.121. The molecule has 0 radical (unpaired) electrons. The lowest BCUT2D eigenvalue weighted by molar-refractivity contribution is -0.139. The molecule has 39 heavy (non-hydrogen) atoms. The number of alkyl halides is 3. The summed E-state index contributed by atoms with van der Waals surface area (Å²) in [5.74, 6) is -0.314. The van der Waals surface area contributed by atoms with Crippen molar-refractivity contribution in [1.82, 2.24) is 9.80 Å². The lowest BCUT2D eigenvalue weighted by Gasteiger charge is -2.35. The second kappa shape index (κ2) is 11.9. The molecule has 2 aliphatic rings. The number of carbonyl (C=O) groups is 2. The first-order chi connectivity index (χ1) is 18.4. The van der Waals surface area contributed by atoms with Gasteiger partial charge in [0.2, 0.25) is 5.91 Å². The van der Waals surface area contributed by atoms with Gasteiger partial charge in [0, 0.05) is 55.1 Å². The molecule has 2 heterocycles. The highest BCUT2D eigenvalue weighted by Gasteiger charge is 2.34. The van der Waals surface area contributed by atoms with E-state index in [4.69, 9.17) is 4.74 Å². The number of benzene rings is 2. The van der Waals surface area contributed by atoms with Crippen molar-refractivity contribution < 1.29 is 27.5 Å². The molecule has 0 bridgehead atoms. The molecule has 2 saturated heterocycles. The fourth-order valence-electron chi connectivity index (χ4n) is 4.55. The van der Waals surface area contributed by atoms with E-state index in [-0.39, 0.29) is 10.8 Å². The Morgan fingerprint density at radius 1 is 0.872 bits per heavy atom. The quantitative estimate of drug-likeness (QED) is 0.388. The maximum atomic E-state index is 14.1. The molecule has 6 nitrogen and oxygen atoms in total. The van der Waals surface area contributed by atoms with Gasteiger partial charge < -0.3 is 19.4 Å². The average molecular weight is 562 g/mol. The minimum atomic E-state index is -4.54. The van der Waals surface area contributed by atoms with Crippen molar-refractivity contribution in [3.63, 3.8) is 0 Å². The van der Waals surface area contributed by atoms with Crippen molar-refractivity contribution >= 4 is 35.5 Å². The molecular formula is C29H34F3N3O3S. The zero-order valence-electron chi connectivity index (χ0n) is 22.5. The SMILES string of the molecule is CC(C)(C)OC(=O)N1CCN(C(=O)/C=C/c2ccc(Sc3ccccc3N3CCCC3)c(C(F)(F)F)c2)CC1. The molecule has 210 valence electrons. The van der Waals surface area contributed by atoms with Crippen LogP contribution < -0.4 is 4.90 Å². The van der Waals surface area contributed by atoms with Crippen LogP contribution in [0.15, 0.2) is 58.3 Å². The van der Waals surface area contributed by atoms with Crippen LogP contribution >= 0.6 is 11.8 Å². The highest BCUT2D eigenvalue weighted by Crippen LogP contribution is 2.43. The molecule has 2 aliphatic heterocycles. The molecule has 0 atom stereocenters. The maximum absolute atomic E-state index is 14.1.